The fraction of sp³-hybridized carbons (Fsp3) is 0.200. The van der Waals surface area contributed by atoms with Crippen LogP contribution in [0.5, 0.6) is 11.5 Å². The van der Waals surface area contributed by atoms with Gasteiger partial charge in [0.05, 0.1) is 22.7 Å². The number of rotatable bonds is 6. The third-order valence-electron chi connectivity index (χ3n) is 2.70. The Morgan fingerprint density at radius 2 is 1.81 bits per heavy atom. The number of para-hydroxylation sites is 2. The largest absolute Gasteiger partial charge is 0.493 e. The molecule has 0 saturated carbocycles. The van der Waals surface area contributed by atoms with Gasteiger partial charge in [-0.15, -0.1) is 11.3 Å². The molecule has 1 aromatic carbocycles. The van der Waals surface area contributed by atoms with Crippen LogP contribution in [0.2, 0.25) is 4.34 Å². The number of hydrogen-bond acceptors (Lipinski definition) is 5. The number of ether oxygens (including phenoxy) is 2. The highest BCUT2D eigenvalue weighted by Crippen LogP contribution is 2.26. The highest BCUT2D eigenvalue weighted by molar-refractivity contribution is 7.18. The van der Waals surface area contributed by atoms with E-state index in [1.165, 1.54) is 18.4 Å². The smallest absolute Gasteiger partial charge is 0.311 e. The number of ketones is 1. The van der Waals surface area contributed by atoms with E-state index in [9.17, 15) is 9.59 Å². The number of thiophene rings is 1. The van der Waals surface area contributed by atoms with Gasteiger partial charge in [0.25, 0.3) is 0 Å². The van der Waals surface area contributed by atoms with Gasteiger partial charge in [-0.1, -0.05) is 23.7 Å². The van der Waals surface area contributed by atoms with Crippen LogP contribution in [0.3, 0.4) is 0 Å². The lowest BCUT2D eigenvalue weighted by Crippen LogP contribution is -2.10. The summed E-state index contributed by atoms with van der Waals surface area (Å²) in [6.07, 6.45) is 0.0945. The molecule has 110 valence electrons. The number of methoxy groups -OCH3 is 1. The van der Waals surface area contributed by atoms with Gasteiger partial charge in [-0.3, -0.25) is 9.59 Å². The minimum absolute atomic E-state index is 0.00635. The van der Waals surface area contributed by atoms with Crippen molar-refractivity contribution in [3.63, 3.8) is 0 Å². The molecule has 2 aromatic rings. The molecule has 0 atom stereocenters. The molecule has 1 aromatic heterocycles. The molecular formula is C15H13ClO4S. The average molecular weight is 325 g/mol. The predicted molar refractivity (Wildman–Crippen MR) is 81.5 cm³/mol. The molecule has 0 amide bonds. The number of esters is 1. The molecule has 4 nitrogen and oxygen atoms in total. The zero-order valence-corrected chi connectivity index (χ0v) is 12.9. The number of Topliss-reactive ketones (excluding diaryl/α,β-unsaturated/α-hetero) is 1. The predicted octanol–water partition coefficient (Wildman–Crippen LogP) is 3.98. The second-order valence-corrected chi connectivity index (χ2v) is 5.87. The molecule has 0 saturated heterocycles. The third-order valence-corrected chi connectivity index (χ3v) is 3.97. The van der Waals surface area contributed by atoms with Gasteiger partial charge in [0.15, 0.2) is 17.3 Å². The zero-order chi connectivity index (χ0) is 15.2. The van der Waals surface area contributed by atoms with E-state index in [1.54, 1.807) is 36.4 Å². The fourth-order valence-electron chi connectivity index (χ4n) is 1.68. The second-order valence-electron chi connectivity index (χ2n) is 4.15. The van der Waals surface area contributed by atoms with Gasteiger partial charge in [-0.25, -0.2) is 0 Å². The third kappa shape index (κ3) is 4.31. The maximum Gasteiger partial charge on any atom is 0.311 e. The molecule has 1 heterocycles. The van der Waals surface area contributed by atoms with Gasteiger partial charge >= 0.3 is 5.97 Å². The van der Waals surface area contributed by atoms with Crippen LogP contribution in [0.4, 0.5) is 0 Å². The Morgan fingerprint density at radius 3 is 2.43 bits per heavy atom. The fourth-order valence-corrected chi connectivity index (χ4v) is 2.69. The molecular weight excluding hydrogens is 312 g/mol. The van der Waals surface area contributed by atoms with Crippen molar-refractivity contribution in [2.24, 2.45) is 0 Å². The first-order valence-electron chi connectivity index (χ1n) is 6.22. The first-order valence-corrected chi connectivity index (χ1v) is 7.42. The van der Waals surface area contributed by atoms with Gasteiger partial charge in [0, 0.05) is 6.42 Å². The Balaban J connectivity index is 1.89. The maximum atomic E-state index is 11.9. The number of carbonyl (C=O) groups is 2. The van der Waals surface area contributed by atoms with E-state index in [0.717, 1.165) is 0 Å². The summed E-state index contributed by atoms with van der Waals surface area (Å²) < 4.78 is 10.8. The number of benzene rings is 1. The molecule has 2 rings (SSSR count). The van der Waals surface area contributed by atoms with Crippen molar-refractivity contribution in [2.75, 3.05) is 7.11 Å². The van der Waals surface area contributed by atoms with E-state index in [2.05, 4.69) is 0 Å². The summed E-state index contributed by atoms with van der Waals surface area (Å²) in [4.78, 5) is 24.2. The van der Waals surface area contributed by atoms with Crippen LogP contribution in [0.15, 0.2) is 36.4 Å². The summed E-state index contributed by atoms with van der Waals surface area (Å²) >= 11 is 6.97. The Labute approximate surface area is 131 Å². The molecule has 0 fully saturated rings. The van der Waals surface area contributed by atoms with E-state index in [4.69, 9.17) is 21.1 Å². The highest BCUT2D eigenvalue weighted by Gasteiger charge is 2.14. The quantitative estimate of drug-likeness (QED) is 0.458. The summed E-state index contributed by atoms with van der Waals surface area (Å²) in [5.74, 6) is 0.221. The first-order chi connectivity index (χ1) is 10.1. The number of halogens is 1. The van der Waals surface area contributed by atoms with Crippen molar-refractivity contribution >= 4 is 34.7 Å². The van der Waals surface area contributed by atoms with E-state index < -0.39 is 5.97 Å². The normalized spacial score (nSPS) is 10.2. The van der Waals surface area contributed by atoms with E-state index in [0.29, 0.717) is 20.7 Å². The standard InChI is InChI=1S/C15H13ClO4S/c1-19-11-4-2-3-5-12(11)20-15(18)9-6-10(17)13-7-8-14(16)21-13/h2-5,7-8H,6,9H2,1H3. The Kier molecular flexibility index (Phi) is 5.36. The highest BCUT2D eigenvalue weighted by atomic mass is 35.5. The van der Waals surface area contributed by atoms with Crippen molar-refractivity contribution in [3.05, 3.63) is 45.6 Å². The molecule has 0 radical (unpaired) electrons. The van der Waals surface area contributed by atoms with E-state index in [1.807, 2.05) is 0 Å². The minimum Gasteiger partial charge on any atom is -0.493 e. The van der Waals surface area contributed by atoms with Crippen LogP contribution in [0, 0.1) is 0 Å². The van der Waals surface area contributed by atoms with E-state index >= 15 is 0 Å². The summed E-state index contributed by atoms with van der Waals surface area (Å²) in [6, 6.07) is 10.2. The van der Waals surface area contributed by atoms with Crippen LogP contribution >= 0.6 is 22.9 Å². The monoisotopic (exact) mass is 324 g/mol. The molecule has 0 N–H and O–H groups in total. The second kappa shape index (κ2) is 7.24. The molecule has 0 unspecified atom stereocenters. The summed E-state index contributed by atoms with van der Waals surface area (Å²) in [7, 11) is 1.50. The van der Waals surface area contributed by atoms with Crippen molar-refractivity contribution < 1.29 is 19.1 Å². The molecule has 21 heavy (non-hydrogen) atoms. The van der Waals surface area contributed by atoms with Gasteiger partial charge in [-0.2, -0.15) is 0 Å². The van der Waals surface area contributed by atoms with Gasteiger partial charge in [-0.05, 0) is 24.3 Å². The van der Waals surface area contributed by atoms with Crippen molar-refractivity contribution in [1.82, 2.24) is 0 Å². The van der Waals surface area contributed by atoms with Gasteiger partial charge in [0.1, 0.15) is 0 Å². The maximum absolute atomic E-state index is 11.9. The van der Waals surface area contributed by atoms with Crippen molar-refractivity contribution in [3.8, 4) is 11.5 Å². The van der Waals surface area contributed by atoms with Gasteiger partial charge < -0.3 is 9.47 Å². The van der Waals surface area contributed by atoms with Crippen LogP contribution < -0.4 is 9.47 Å². The van der Waals surface area contributed by atoms with Crippen LogP contribution in [0.1, 0.15) is 22.5 Å². The van der Waals surface area contributed by atoms with Gasteiger partial charge in [0.2, 0.25) is 0 Å². The average Bonchev–Trinajstić information content (AvgIpc) is 2.92. The van der Waals surface area contributed by atoms with E-state index in [-0.39, 0.29) is 18.6 Å². The molecule has 0 aliphatic heterocycles. The molecule has 6 heteroatoms. The minimum atomic E-state index is -0.476. The summed E-state index contributed by atoms with van der Waals surface area (Å²) in [5, 5.41) is 0. The lowest BCUT2D eigenvalue weighted by Gasteiger charge is -2.08. The Morgan fingerprint density at radius 1 is 1.10 bits per heavy atom. The van der Waals surface area contributed by atoms with Crippen LogP contribution in [-0.2, 0) is 4.79 Å². The zero-order valence-electron chi connectivity index (χ0n) is 11.3. The number of hydrogen-bond donors (Lipinski definition) is 0. The summed E-state index contributed by atoms with van der Waals surface area (Å²) in [5.41, 5.74) is 0. The SMILES string of the molecule is COc1ccccc1OC(=O)CCC(=O)c1ccc(Cl)s1. The topological polar surface area (TPSA) is 52.6 Å². The number of carbonyl (C=O) groups excluding carboxylic acids is 2. The molecule has 0 bridgehead atoms. The van der Waals surface area contributed by atoms with Crippen LogP contribution in [0.25, 0.3) is 0 Å². The van der Waals surface area contributed by atoms with Crippen molar-refractivity contribution in [2.45, 2.75) is 12.8 Å². The Bertz CT molecular complexity index is 651. The Hall–Kier alpha value is -1.85. The van der Waals surface area contributed by atoms with Crippen molar-refractivity contribution in [1.29, 1.82) is 0 Å². The molecule has 0 aliphatic carbocycles. The first kappa shape index (κ1) is 15.5. The lowest BCUT2D eigenvalue weighted by molar-refractivity contribution is -0.134. The molecule has 0 spiro atoms. The lowest BCUT2D eigenvalue weighted by atomic mass is 10.2. The van der Waals surface area contributed by atoms with Crippen LogP contribution in [-0.4, -0.2) is 18.9 Å². The molecule has 0 aliphatic rings. The summed E-state index contributed by atoms with van der Waals surface area (Å²) in [6.45, 7) is 0.